The van der Waals surface area contributed by atoms with Crippen LogP contribution in [0.3, 0.4) is 0 Å². The van der Waals surface area contributed by atoms with Crippen LogP contribution in [-0.4, -0.2) is 19.0 Å². The minimum atomic E-state index is -0.568. The third kappa shape index (κ3) is 1.90. The number of hydrogen-bond acceptors (Lipinski definition) is 4. The molecule has 1 heterocycles. The number of fused-ring (bicyclic) bond motifs is 1. The van der Waals surface area contributed by atoms with Crippen molar-refractivity contribution in [2.75, 3.05) is 7.11 Å². The van der Waals surface area contributed by atoms with E-state index in [9.17, 15) is 9.59 Å². The smallest absolute Gasteiger partial charge is 0.346 e. The van der Waals surface area contributed by atoms with E-state index < -0.39 is 11.9 Å². The molecule has 1 aromatic rings. The summed E-state index contributed by atoms with van der Waals surface area (Å²) >= 11 is 0. The highest BCUT2D eigenvalue weighted by molar-refractivity contribution is 6.01. The minimum Gasteiger partial charge on any atom is -0.496 e. The topological polar surface area (TPSA) is 52.6 Å². The molecule has 0 bridgehead atoms. The zero-order valence-corrected chi connectivity index (χ0v) is 10.1. The van der Waals surface area contributed by atoms with Gasteiger partial charge in [-0.05, 0) is 37.5 Å². The van der Waals surface area contributed by atoms with Gasteiger partial charge in [-0.2, -0.15) is 0 Å². The summed E-state index contributed by atoms with van der Waals surface area (Å²) in [5.74, 6) is -0.401. The van der Waals surface area contributed by atoms with E-state index in [1.165, 1.54) is 0 Å². The van der Waals surface area contributed by atoms with Gasteiger partial charge >= 0.3 is 11.9 Å². The summed E-state index contributed by atoms with van der Waals surface area (Å²) in [4.78, 5) is 23.1. The number of benzene rings is 1. The second-order valence-corrected chi connectivity index (χ2v) is 4.14. The lowest BCUT2D eigenvalue weighted by Crippen LogP contribution is -2.11. The van der Waals surface area contributed by atoms with Gasteiger partial charge in [0, 0.05) is 5.56 Å². The molecule has 4 nitrogen and oxygen atoms in total. The van der Waals surface area contributed by atoms with E-state index in [4.69, 9.17) is 9.47 Å². The largest absolute Gasteiger partial charge is 0.496 e. The number of esters is 2. The average molecular weight is 234 g/mol. The van der Waals surface area contributed by atoms with Crippen LogP contribution >= 0.6 is 0 Å². The highest BCUT2D eigenvalue weighted by atomic mass is 16.6. The van der Waals surface area contributed by atoms with Gasteiger partial charge in [-0.1, -0.05) is 0 Å². The molecule has 1 aromatic carbocycles. The van der Waals surface area contributed by atoms with Crippen molar-refractivity contribution in [1.82, 2.24) is 0 Å². The molecule has 0 spiro atoms. The third-order valence-corrected chi connectivity index (χ3v) is 3.12. The first-order chi connectivity index (χ1) is 8.04. The Morgan fingerprint density at radius 3 is 2.59 bits per heavy atom. The molecule has 0 amide bonds. The molecule has 0 saturated heterocycles. The van der Waals surface area contributed by atoms with E-state index in [-0.39, 0.29) is 6.42 Å². The van der Waals surface area contributed by atoms with E-state index in [2.05, 4.69) is 0 Å². The number of rotatable bonds is 1. The highest BCUT2D eigenvalue weighted by Crippen LogP contribution is 2.31. The number of aryl methyl sites for hydroxylation is 1. The molecule has 17 heavy (non-hydrogen) atoms. The van der Waals surface area contributed by atoms with E-state index in [0.717, 1.165) is 16.7 Å². The molecule has 0 radical (unpaired) electrons. The van der Waals surface area contributed by atoms with Crippen molar-refractivity contribution in [3.05, 3.63) is 28.3 Å². The van der Waals surface area contributed by atoms with Crippen LogP contribution in [0.25, 0.3) is 0 Å². The van der Waals surface area contributed by atoms with Gasteiger partial charge < -0.3 is 9.47 Å². The summed E-state index contributed by atoms with van der Waals surface area (Å²) in [5.41, 5.74) is 3.05. The fourth-order valence-electron chi connectivity index (χ4n) is 2.08. The standard InChI is InChI=1S/C13H14O4/c1-7-6-10(16-3)9-4-5-11(14)17-13(15)12(9)8(7)2/h6H,4-5H2,1-3H3. The van der Waals surface area contributed by atoms with Gasteiger partial charge in [0.1, 0.15) is 5.75 Å². The van der Waals surface area contributed by atoms with Gasteiger partial charge in [-0.15, -0.1) is 0 Å². The van der Waals surface area contributed by atoms with Crippen LogP contribution in [0.5, 0.6) is 5.75 Å². The van der Waals surface area contributed by atoms with E-state index >= 15 is 0 Å². The Kier molecular flexibility index (Phi) is 2.88. The summed E-state index contributed by atoms with van der Waals surface area (Å²) in [6.07, 6.45) is 0.682. The lowest BCUT2D eigenvalue weighted by atomic mass is 9.94. The van der Waals surface area contributed by atoms with Gasteiger partial charge in [0.05, 0.1) is 19.1 Å². The molecule has 0 aliphatic carbocycles. The van der Waals surface area contributed by atoms with E-state index in [1.54, 1.807) is 7.11 Å². The van der Waals surface area contributed by atoms with Crippen LogP contribution in [0.1, 0.15) is 33.5 Å². The van der Waals surface area contributed by atoms with Gasteiger partial charge in [0.2, 0.25) is 0 Å². The van der Waals surface area contributed by atoms with Crippen LogP contribution in [0.2, 0.25) is 0 Å². The maximum Gasteiger partial charge on any atom is 0.346 e. The molecule has 4 heteroatoms. The van der Waals surface area contributed by atoms with E-state index in [1.807, 2.05) is 19.9 Å². The number of cyclic esters (lactones) is 2. The Hall–Kier alpha value is -1.84. The van der Waals surface area contributed by atoms with Crippen LogP contribution in [0, 0.1) is 13.8 Å². The van der Waals surface area contributed by atoms with Crippen LogP contribution < -0.4 is 4.74 Å². The predicted molar refractivity (Wildman–Crippen MR) is 61.2 cm³/mol. The first kappa shape index (κ1) is 11.6. The van der Waals surface area contributed by atoms with Crippen molar-refractivity contribution in [1.29, 1.82) is 0 Å². The molecule has 90 valence electrons. The Labute approximate surface area is 99.5 Å². The quantitative estimate of drug-likeness (QED) is 0.550. The second-order valence-electron chi connectivity index (χ2n) is 4.14. The zero-order chi connectivity index (χ0) is 12.6. The van der Waals surface area contributed by atoms with Crippen molar-refractivity contribution in [2.24, 2.45) is 0 Å². The van der Waals surface area contributed by atoms with E-state index in [0.29, 0.717) is 17.7 Å². The van der Waals surface area contributed by atoms with Gasteiger partial charge in [0.25, 0.3) is 0 Å². The maximum atomic E-state index is 11.9. The first-order valence-electron chi connectivity index (χ1n) is 5.46. The number of carbonyl (C=O) groups excluding carboxylic acids is 2. The highest BCUT2D eigenvalue weighted by Gasteiger charge is 2.27. The van der Waals surface area contributed by atoms with Crippen molar-refractivity contribution in [3.63, 3.8) is 0 Å². The summed E-state index contributed by atoms with van der Waals surface area (Å²) in [5, 5.41) is 0. The number of methoxy groups -OCH3 is 1. The fraction of sp³-hybridized carbons (Fsp3) is 0.385. The predicted octanol–water partition coefficient (Wildman–Crippen LogP) is 1.94. The zero-order valence-electron chi connectivity index (χ0n) is 10.1. The SMILES string of the molecule is COc1cc(C)c(C)c2c1CCC(=O)OC2=O. The second kappa shape index (κ2) is 4.20. The fourth-order valence-corrected chi connectivity index (χ4v) is 2.08. The molecule has 0 aromatic heterocycles. The minimum absolute atomic E-state index is 0.206. The van der Waals surface area contributed by atoms with Gasteiger partial charge in [-0.3, -0.25) is 4.79 Å². The van der Waals surface area contributed by atoms with Gasteiger partial charge in [0.15, 0.2) is 0 Å². The molecular weight excluding hydrogens is 220 g/mol. The first-order valence-corrected chi connectivity index (χ1v) is 5.46. The number of carbonyl (C=O) groups is 2. The van der Waals surface area contributed by atoms with Crippen molar-refractivity contribution in [2.45, 2.75) is 26.7 Å². The van der Waals surface area contributed by atoms with Crippen LogP contribution in [-0.2, 0) is 16.0 Å². The molecule has 2 rings (SSSR count). The van der Waals surface area contributed by atoms with Crippen LogP contribution in [0.15, 0.2) is 6.07 Å². The number of hydrogen-bond donors (Lipinski definition) is 0. The molecule has 0 unspecified atom stereocenters. The monoisotopic (exact) mass is 234 g/mol. The average Bonchev–Trinajstić information content (AvgIpc) is 2.43. The summed E-state index contributed by atoms with van der Waals surface area (Å²) in [7, 11) is 1.56. The van der Waals surface area contributed by atoms with Gasteiger partial charge in [-0.25, -0.2) is 4.79 Å². The Balaban J connectivity index is 2.68. The molecular formula is C13H14O4. The lowest BCUT2D eigenvalue weighted by Gasteiger charge is -2.14. The Morgan fingerprint density at radius 1 is 1.24 bits per heavy atom. The molecule has 0 atom stereocenters. The summed E-state index contributed by atoms with van der Waals surface area (Å²) in [6, 6.07) is 1.89. The Bertz CT molecular complexity index is 503. The normalized spacial score (nSPS) is 15.0. The molecule has 0 N–H and O–H groups in total. The summed E-state index contributed by atoms with van der Waals surface area (Å²) < 4.78 is 10.0. The number of ether oxygens (including phenoxy) is 2. The van der Waals surface area contributed by atoms with Crippen molar-refractivity contribution < 1.29 is 19.1 Å². The van der Waals surface area contributed by atoms with Crippen molar-refractivity contribution >= 4 is 11.9 Å². The molecule has 1 aliphatic rings. The summed E-state index contributed by atoms with van der Waals surface area (Å²) in [6.45, 7) is 3.75. The van der Waals surface area contributed by atoms with Crippen molar-refractivity contribution in [3.8, 4) is 5.75 Å². The van der Waals surface area contributed by atoms with Crippen LogP contribution in [0.4, 0.5) is 0 Å². The maximum absolute atomic E-state index is 11.9. The molecule has 1 aliphatic heterocycles. The Morgan fingerprint density at radius 2 is 1.94 bits per heavy atom. The molecule has 0 saturated carbocycles. The third-order valence-electron chi connectivity index (χ3n) is 3.12. The lowest BCUT2D eigenvalue weighted by molar-refractivity contribution is -0.137. The molecule has 0 fully saturated rings.